The van der Waals surface area contributed by atoms with Gasteiger partial charge in [0.2, 0.25) is 0 Å². The second-order valence-corrected chi connectivity index (χ2v) is 9.28. The summed E-state index contributed by atoms with van der Waals surface area (Å²) in [6.07, 6.45) is 4.33. The van der Waals surface area contributed by atoms with Crippen molar-refractivity contribution in [1.29, 1.82) is 0 Å². The second-order valence-electron chi connectivity index (χ2n) is 9.28. The van der Waals surface area contributed by atoms with Gasteiger partial charge >= 0.3 is 17.9 Å². The number of hydrogen-bond acceptors (Lipinski definition) is 6. The van der Waals surface area contributed by atoms with E-state index in [1.807, 2.05) is 0 Å². The minimum Gasteiger partial charge on any atom is -0.466 e. The van der Waals surface area contributed by atoms with E-state index in [2.05, 4.69) is 41.5 Å². The molecule has 0 heterocycles. The first-order valence-electron chi connectivity index (χ1n) is 11.6. The molecule has 0 aromatic rings. The lowest BCUT2D eigenvalue weighted by Gasteiger charge is -2.16. The topological polar surface area (TPSA) is 78.9 Å². The first kappa shape index (κ1) is 28.4. The van der Waals surface area contributed by atoms with Crippen molar-refractivity contribution in [3.63, 3.8) is 0 Å². The molecular formula is C24H44O6. The summed E-state index contributed by atoms with van der Waals surface area (Å²) in [4.78, 5) is 36.3. The maximum atomic E-state index is 12.5. The first-order valence-corrected chi connectivity index (χ1v) is 11.6. The Bertz CT molecular complexity index is 484. The third-order valence-electron chi connectivity index (χ3n) is 4.82. The van der Waals surface area contributed by atoms with Gasteiger partial charge in [0.1, 0.15) is 0 Å². The molecule has 30 heavy (non-hydrogen) atoms. The van der Waals surface area contributed by atoms with Crippen LogP contribution in [0.5, 0.6) is 0 Å². The van der Waals surface area contributed by atoms with E-state index in [1.165, 1.54) is 0 Å². The largest absolute Gasteiger partial charge is 0.466 e. The average molecular weight is 429 g/mol. The Morgan fingerprint density at radius 1 is 0.567 bits per heavy atom. The van der Waals surface area contributed by atoms with Crippen molar-refractivity contribution < 1.29 is 28.6 Å². The van der Waals surface area contributed by atoms with Crippen LogP contribution in [0, 0.1) is 23.7 Å². The molecule has 0 amide bonds. The van der Waals surface area contributed by atoms with Gasteiger partial charge in [-0.05, 0) is 56.3 Å². The summed E-state index contributed by atoms with van der Waals surface area (Å²) in [6, 6.07) is 0. The molecular weight excluding hydrogens is 384 g/mol. The third-order valence-corrected chi connectivity index (χ3v) is 4.82. The molecule has 0 aliphatic heterocycles. The van der Waals surface area contributed by atoms with Gasteiger partial charge in [0, 0.05) is 12.8 Å². The van der Waals surface area contributed by atoms with Gasteiger partial charge in [-0.2, -0.15) is 0 Å². The van der Waals surface area contributed by atoms with Crippen molar-refractivity contribution in [1.82, 2.24) is 0 Å². The van der Waals surface area contributed by atoms with E-state index in [1.54, 1.807) is 0 Å². The summed E-state index contributed by atoms with van der Waals surface area (Å²) in [6.45, 7) is 13.7. The minimum atomic E-state index is -0.404. The quantitative estimate of drug-likeness (QED) is 0.230. The predicted octanol–water partition coefficient (Wildman–Crippen LogP) is 5.32. The molecule has 0 saturated heterocycles. The van der Waals surface area contributed by atoms with Gasteiger partial charge in [-0.3, -0.25) is 14.4 Å². The van der Waals surface area contributed by atoms with Crippen molar-refractivity contribution in [3.8, 4) is 0 Å². The highest BCUT2D eigenvalue weighted by Gasteiger charge is 2.22. The Kier molecular flexibility index (Phi) is 16.2. The molecule has 6 nitrogen and oxygen atoms in total. The Balaban J connectivity index is 4.44. The summed E-state index contributed by atoms with van der Waals surface area (Å²) in [5.41, 5.74) is 0. The number of ether oxygens (including phenoxy) is 3. The molecule has 0 rings (SSSR count). The molecule has 0 radical (unpaired) electrons. The van der Waals surface area contributed by atoms with Gasteiger partial charge in [0.15, 0.2) is 0 Å². The van der Waals surface area contributed by atoms with E-state index < -0.39 is 5.92 Å². The minimum absolute atomic E-state index is 0.181. The fourth-order valence-electron chi connectivity index (χ4n) is 2.64. The Morgan fingerprint density at radius 3 is 1.47 bits per heavy atom. The first-order chi connectivity index (χ1) is 14.1. The van der Waals surface area contributed by atoms with Crippen LogP contribution in [0.3, 0.4) is 0 Å². The van der Waals surface area contributed by atoms with Crippen LogP contribution in [0.4, 0.5) is 0 Å². The van der Waals surface area contributed by atoms with E-state index in [-0.39, 0.29) is 30.7 Å². The van der Waals surface area contributed by atoms with E-state index in [0.29, 0.717) is 56.8 Å². The van der Waals surface area contributed by atoms with Gasteiger partial charge in [-0.15, -0.1) is 0 Å². The summed E-state index contributed by atoms with van der Waals surface area (Å²) in [5, 5.41) is 0. The molecule has 1 atom stereocenters. The monoisotopic (exact) mass is 428 g/mol. The van der Waals surface area contributed by atoms with Crippen molar-refractivity contribution in [3.05, 3.63) is 0 Å². The summed E-state index contributed by atoms with van der Waals surface area (Å²) >= 11 is 0. The van der Waals surface area contributed by atoms with E-state index >= 15 is 0 Å². The van der Waals surface area contributed by atoms with Gasteiger partial charge in [0.05, 0.1) is 25.7 Å². The third kappa shape index (κ3) is 17.3. The number of esters is 3. The molecule has 6 heteroatoms. The smallest absolute Gasteiger partial charge is 0.308 e. The zero-order valence-electron chi connectivity index (χ0n) is 20.0. The molecule has 0 aromatic heterocycles. The second kappa shape index (κ2) is 17.1. The lowest BCUT2D eigenvalue weighted by atomic mass is 9.96. The average Bonchev–Trinajstić information content (AvgIpc) is 2.63. The molecule has 0 spiro atoms. The Labute approximate surface area is 183 Å². The van der Waals surface area contributed by atoms with Crippen molar-refractivity contribution in [2.45, 2.75) is 92.9 Å². The summed E-state index contributed by atoms with van der Waals surface area (Å²) in [5.74, 6) is 0.189. The number of rotatable bonds is 17. The lowest BCUT2D eigenvalue weighted by molar-refractivity contribution is -0.151. The van der Waals surface area contributed by atoms with Crippen LogP contribution in [0.15, 0.2) is 0 Å². The van der Waals surface area contributed by atoms with Crippen molar-refractivity contribution in [2.75, 3.05) is 19.8 Å². The number of hydrogen-bond donors (Lipinski definition) is 0. The van der Waals surface area contributed by atoms with E-state index in [9.17, 15) is 14.4 Å². The highest BCUT2D eigenvalue weighted by molar-refractivity contribution is 5.74. The van der Waals surface area contributed by atoms with Crippen LogP contribution in [-0.4, -0.2) is 37.7 Å². The van der Waals surface area contributed by atoms with Crippen LogP contribution in [0.25, 0.3) is 0 Å². The maximum absolute atomic E-state index is 12.5. The Morgan fingerprint density at radius 2 is 1.00 bits per heavy atom. The normalized spacial score (nSPS) is 12.3. The maximum Gasteiger partial charge on any atom is 0.308 e. The van der Waals surface area contributed by atoms with Crippen LogP contribution in [0.2, 0.25) is 0 Å². The molecule has 0 saturated carbocycles. The molecule has 0 N–H and O–H groups in total. The lowest BCUT2D eigenvalue weighted by Crippen LogP contribution is -2.21. The summed E-state index contributed by atoms with van der Waals surface area (Å²) in [7, 11) is 0. The molecule has 176 valence electrons. The number of carbonyl (C=O) groups excluding carboxylic acids is 3. The molecule has 0 aliphatic carbocycles. The zero-order valence-corrected chi connectivity index (χ0v) is 20.0. The molecule has 0 fully saturated rings. The van der Waals surface area contributed by atoms with Crippen LogP contribution >= 0.6 is 0 Å². The van der Waals surface area contributed by atoms with Gasteiger partial charge in [0.25, 0.3) is 0 Å². The van der Waals surface area contributed by atoms with Gasteiger partial charge in [-0.1, -0.05) is 41.5 Å². The highest BCUT2D eigenvalue weighted by atomic mass is 16.5. The van der Waals surface area contributed by atoms with E-state index in [4.69, 9.17) is 14.2 Å². The van der Waals surface area contributed by atoms with E-state index in [0.717, 1.165) is 19.3 Å². The standard InChI is InChI=1S/C24H44O6/c1-18(2)12-15-28-22(25)9-7-8-21(24(27)30-17-14-20(5)6)10-11-23(26)29-16-13-19(3)4/h18-21H,7-17H2,1-6H3. The van der Waals surface area contributed by atoms with Crippen LogP contribution in [0.1, 0.15) is 92.9 Å². The Hall–Kier alpha value is -1.59. The van der Waals surface area contributed by atoms with Crippen molar-refractivity contribution in [2.24, 2.45) is 23.7 Å². The molecule has 1 unspecified atom stereocenters. The molecule has 0 bridgehead atoms. The predicted molar refractivity (Wildman–Crippen MR) is 118 cm³/mol. The van der Waals surface area contributed by atoms with Crippen molar-refractivity contribution >= 4 is 17.9 Å². The molecule has 0 aromatic carbocycles. The fourth-order valence-corrected chi connectivity index (χ4v) is 2.64. The van der Waals surface area contributed by atoms with Crippen LogP contribution < -0.4 is 0 Å². The molecule has 0 aliphatic rings. The summed E-state index contributed by atoms with van der Waals surface area (Å²) < 4.78 is 15.9. The number of carbonyl (C=O) groups is 3. The van der Waals surface area contributed by atoms with Gasteiger partial charge in [-0.25, -0.2) is 0 Å². The SMILES string of the molecule is CC(C)CCOC(=O)CCCC(CCC(=O)OCCC(C)C)C(=O)OCCC(C)C. The zero-order chi connectivity index (χ0) is 22.9. The van der Waals surface area contributed by atoms with Gasteiger partial charge < -0.3 is 14.2 Å². The highest BCUT2D eigenvalue weighted by Crippen LogP contribution is 2.19. The fraction of sp³-hybridized carbons (Fsp3) is 0.875. The van der Waals surface area contributed by atoms with Crippen LogP contribution in [-0.2, 0) is 28.6 Å².